The first-order valence-corrected chi connectivity index (χ1v) is 3.82. The number of nitrogens with two attached hydrogens (primary N) is 1. The van der Waals surface area contributed by atoms with E-state index in [4.69, 9.17) is 5.73 Å². The number of nitrogens with zero attached hydrogens (tertiary/aromatic N) is 2. The van der Waals surface area contributed by atoms with E-state index in [1.807, 2.05) is 0 Å². The number of halogens is 2. The molecule has 0 spiro atoms. The molecule has 74 valence electrons. The smallest absolute Gasteiger partial charge is 0.150 e. The first-order chi connectivity index (χ1) is 6.27. The average Bonchev–Trinajstić information content (AvgIpc) is 2.56. The van der Waals surface area contributed by atoms with Crippen LogP contribution in [0.1, 0.15) is 0 Å². The van der Waals surface area contributed by atoms with Crippen LogP contribution in [-0.4, -0.2) is 9.78 Å². The van der Waals surface area contributed by atoms with Gasteiger partial charge in [-0.05, 0) is 24.3 Å². The number of benzene rings is 1. The highest BCUT2D eigenvalue weighted by Crippen LogP contribution is 2.14. The Labute approximate surface area is 86.8 Å². The second-order valence-electron chi connectivity index (χ2n) is 2.66. The molecular formula is C9H9ClFN3. The average molecular weight is 214 g/mol. The van der Waals surface area contributed by atoms with Gasteiger partial charge in [-0.3, -0.25) is 0 Å². The lowest BCUT2D eigenvalue weighted by molar-refractivity contribution is 0.611. The van der Waals surface area contributed by atoms with E-state index in [2.05, 4.69) is 5.10 Å². The van der Waals surface area contributed by atoms with E-state index < -0.39 is 0 Å². The molecule has 0 atom stereocenters. The van der Waals surface area contributed by atoms with Gasteiger partial charge in [0.15, 0.2) is 5.82 Å². The van der Waals surface area contributed by atoms with Crippen molar-refractivity contribution in [2.24, 2.45) is 0 Å². The molecule has 2 N–H and O–H groups in total. The SMILES string of the molecule is Cl.Nc1ccc(-n2cccn2)c(F)c1. The maximum atomic E-state index is 13.3. The maximum absolute atomic E-state index is 13.3. The topological polar surface area (TPSA) is 43.8 Å². The first kappa shape index (κ1) is 10.5. The molecule has 3 nitrogen and oxygen atoms in total. The van der Waals surface area contributed by atoms with Crippen molar-refractivity contribution < 1.29 is 4.39 Å². The Morgan fingerprint density at radius 3 is 2.71 bits per heavy atom. The molecule has 0 aliphatic heterocycles. The Hall–Kier alpha value is -1.55. The van der Waals surface area contributed by atoms with E-state index in [0.717, 1.165) is 0 Å². The fraction of sp³-hybridized carbons (Fsp3) is 0. The zero-order valence-electron chi connectivity index (χ0n) is 7.22. The number of hydrogen-bond acceptors (Lipinski definition) is 2. The van der Waals surface area contributed by atoms with Gasteiger partial charge in [-0.25, -0.2) is 9.07 Å². The van der Waals surface area contributed by atoms with Crippen molar-refractivity contribution in [3.8, 4) is 5.69 Å². The fourth-order valence-corrected chi connectivity index (χ4v) is 1.12. The van der Waals surface area contributed by atoms with Gasteiger partial charge in [0.1, 0.15) is 5.69 Å². The second kappa shape index (κ2) is 4.11. The van der Waals surface area contributed by atoms with Crippen LogP contribution in [-0.2, 0) is 0 Å². The molecule has 2 rings (SSSR count). The largest absolute Gasteiger partial charge is 0.399 e. The van der Waals surface area contributed by atoms with Gasteiger partial charge in [0.2, 0.25) is 0 Å². The predicted molar refractivity (Wildman–Crippen MR) is 55.2 cm³/mol. The Kier molecular flexibility index (Phi) is 3.09. The van der Waals surface area contributed by atoms with Crippen LogP contribution >= 0.6 is 12.4 Å². The Morgan fingerprint density at radius 2 is 2.14 bits per heavy atom. The minimum Gasteiger partial charge on any atom is -0.399 e. The Morgan fingerprint density at radius 1 is 1.36 bits per heavy atom. The molecule has 0 aliphatic carbocycles. The van der Waals surface area contributed by atoms with Gasteiger partial charge < -0.3 is 5.73 Å². The summed E-state index contributed by atoms with van der Waals surface area (Å²) in [7, 11) is 0. The standard InChI is InChI=1S/C9H8FN3.ClH/c10-8-6-7(11)2-3-9(8)13-5-1-4-12-13;/h1-6H,11H2;1H. The minimum absolute atomic E-state index is 0. The highest BCUT2D eigenvalue weighted by molar-refractivity contribution is 5.85. The summed E-state index contributed by atoms with van der Waals surface area (Å²) in [5, 5.41) is 3.91. The van der Waals surface area contributed by atoms with Crippen LogP contribution in [0, 0.1) is 5.82 Å². The molecule has 0 unspecified atom stereocenters. The third-order valence-corrected chi connectivity index (χ3v) is 1.72. The minimum atomic E-state index is -0.372. The predicted octanol–water partition coefficient (Wildman–Crippen LogP) is 2.02. The molecule has 0 aliphatic rings. The van der Waals surface area contributed by atoms with Gasteiger partial charge in [-0.2, -0.15) is 5.10 Å². The molecule has 0 saturated carbocycles. The maximum Gasteiger partial charge on any atom is 0.150 e. The second-order valence-corrected chi connectivity index (χ2v) is 2.66. The van der Waals surface area contributed by atoms with Gasteiger partial charge in [0.05, 0.1) is 0 Å². The lowest BCUT2D eigenvalue weighted by Gasteiger charge is -2.02. The third-order valence-electron chi connectivity index (χ3n) is 1.72. The van der Waals surface area contributed by atoms with Crippen molar-refractivity contribution in [2.45, 2.75) is 0 Å². The van der Waals surface area contributed by atoms with E-state index in [1.54, 1.807) is 30.6 Å². The van der Waals surface area contributed by atoms with Crippen molar-refractivity contribution in [2.75, 3.05) is 5.73 Å². The lowest BCUT2D eigenvalue weighted by atomic mass is 10.3. The van der Waals surface area contributed by atoms with E-state index in [9.17, 15) is 4.39 Å². The highest BCUT2D eigenvalue weighted by atomic mass is 35.5. The Bertz CT molecular complexity index is 414. The fourth-order valence-electron chi connectivity index (χ4n) is 1.12. The van der Waals surface area contributed by atoms with Crippen molar-refractivity contribution in [3.63, 3.8) is 0 Å². The molecule has 1 aromatic carbocycles. The van der Waals surface area contributed by atoms with Crippen LogP contribution in [0.5, 0.6) is 0 Å². The molecule has 1 heterocycles. The normalized spacial score (nSPS) is 9.50. The monoisotopic (exact) mass is 213 g/mol. The van der Waals surface area contributed by atoms with Gasteiger partial charge in [-0.15, -0.1) is 12.4 Å². The molecule has 0 saturated heterocycles. The molecule has 1 aromatic heterocycles. The van der Waals surface area contributed by atoms with Crippen LogP contribution < -0.4 is 5.73 Å². The lowest BCUT2D eigenvalue weighted by Crippen LogP contribution is -1.98. The summed E-state index contributed by atoms with van der Waals surface area (Å²) in [5.74, 6) is -0.372. The van der Waals surface area contributed by atoms with Crippen molar-refractivity contribution in [1.82, 2.24) is 9.78 Å². The van der Waals surface area contributed by atoms with Crippen LogP contribution in [0.15, 0.2) is 36.7 Å². The number of rotatable bonds is 1. The summed E-state index contributed by atoms with van der Waals surface area (Å²) in [5.41, 5.74) is 6.22. The van der Waals surface area contributed by atoms with Gasteiger partial charge in [0.25, 0.3) is 0 Å². The van der Waals surface area contributed by atoms with E-state index >= 15 is 0 Å². The van der Waals surface area contributed by atoms with E-state index in [1.165, 1.54) is 10.7 Å². The number of anilines is 1. The summed E-state index contributed by atoms with van der Waals surface area (Å²) in [6.45, 7) is 0. The number of aromatic nitrogens is 2. The van der Waals surface area contributed by atoms with Gasteiger partial charge in [0, 0.05) is 18.1 Å². The van der Waals surface area contributed by atoms with Crippen LogP contribution in [0.2, 0.25) is 0 Å². The summed E-state index contributed by atoms with van der Waals surface area (Å²) < 4.78 is 14.7. The van der Waals surface area contributed by atoms with Crippen LogP contribution in [0.25, 0.3) is 5.69 Å². The molecule has 0 radical (unpaired) electrons. The quantitative estimate of drug-likeness (QED) is 0.737. The summed E-state index contributed by atoms with van der Waals surface area (Å²) in [6, 6.07) is 6.24. The van der Waals surface area contributed by atoms with Crippen molar-refractivity contribution in [1.29, 1.82) is 0 Å². The summed E-state index contributed by atoms with van der Waals surface area (Å²) >= 11 is 0. The molecule has 0 amide bonds. The van der Waals surface area contributed by atoms with E-state index in [-0.39, 0.29) is 18.2 Å². The zero-order chi connectivity index (χ0) is 9.26. The van der Waals surface area contributed by atoms with Gasteiger partial charge in [-0.1, -0.05) is 0 Å². The molecule has 0 fully saturated rings. The number of nitrogen functional groups attached to an aromatic ring is 1. The van der Waals surface area contributed by atoms with Crippen LogP contribution in [0.4, 0.5) is 10.1 Å². The van der Waals surface area contributed by atoms with Crippen molar-refractivity contribution in [3.05, 3.63) is 42.5 Å². The molecule has 2 aromatic rings. The first-order valence-electron chi connectivity index (χ1n) is 3.82. The van der Waals surface area contributed by atoms with Crippen molar-refractivity contribution >= 4 is 18.1 Å². The zero-order valence-corrected chi connectivity index (χ0v) is 8.04. The molecule has 5 heteroatoms. The molecule has 14 heavy (non-hydrogen) atoms. The summed E-state index contributed by atoms with van der Waals surface area (Å²) in [6.07, 6.45) is 3.27. The van der Waals surface area contributed by atoms with Gasteiger partial charge >= 0.3 is 0 Å². The number of hydrogen-bond donors (Lipinski definition) is 1. The molecular weight excluding hydrogens is 205 g/mol. The summed E-state index contributed by atoms with van der Waals surface area (Å²) in [4.78, 5) is 0. The Balaban J connectivity index is 0.000000980. The molecule has 0 bridgehead atoms. The third kappa shape index (κ3) is 1.85. The highest BCUT2D eigenvalue weighted by Gasteiger charge is 2.03. The van der Waals surface area contributed by atoms with Crippen LogP contribution in [0.3, 0.4) is 0 Å². The van der Waals surface area contributed by atoms with E-state index in [0.29, 0.717) is 11.4 Å².